The zero-order valence-electron chi connectivity index (χ0n) is 10.0. The lowest BCUT2D eigenvalue weighted by Crippen LogP contribution is -2.06. The van der Waals surface area contributed by atoms with Crippen LogP contribution in [-0.4, -0.2) is 5.97 Å². The number of benzene rings is 2. The normalized spacial score (nSPS) is 10.1. The van der Waals surface area contributed by atoms with Gasteiger partial charge < -0.3 is 4.74 Å². The molecule has 0 heterocycles. The molecule has 0 aliphatic heterocycles. The smallest absolute Gasteiger partial charge is 0.339 e. The molecule has 0 bridgehead atoms. The highest BCUT2D eigenvalue weighted by molar-refractivity contribution is 9.10. The fourth-order valence-corrected chi connectivity index (χ4v) is 2.24. The molecule has 2 aromatic carbocycles. The van der Waals surface area contributed by atoms with E-state index >= 15 is 0 Å². The maximum absolute atomic E-state index is 11.9. The summed E-state index contributed by atoms with van der Waals surface area (Å²) in [4.78, 5) is 11.9. The molecule has 0 amide bonds. The summed E-state index contributed by atoms with van der Waals surface area (Å²) in [6.45, 7) is 2.27. The van der Waals surface area contributed by atoms with Crippen LogP contribution in [0.25, 0.3) is 0 Å². The van der Waals surface area contributed by atoms with Crippen LogP contribution in [0, 0.1) is 6.92 Å². The number of rotatable bonds is 3. The zero-order valence-corrected chi connectivity index (χ0v) is 11.6. The van der Waals surface area contributed by atoms with Crippen LogP contribution < -0.4 is 0 Å². The Hall–Kier alpha value is -1.61. The first-order valence-corrected chi connectivity index (χ1v) is 6.43. The van der Waals surface area contributed by atoms with Crippen molar-refractivity contribution in [3.63, 3.8) is 0 Å². The molecule has 0 saturated carbocycles. The molecule has 0 saturated heterocycles. The average Bonchev–Trinajstić information content (AvgIpc) is 2.37. The second kappa shape index (κ2) is 5.83. The van der Waals surface area contributed by atoms with Crippen LogP contribution in [0.15, 0.2) is 53.0 Å². The van der Waals surface area contributed by atoms with E-state index in [0.29, 0.717) is 12.2 Å². The molecule has 0 spiro atoms. The maximum Gasteiger partial charge on any atom is 0.339 e. The molecule has 0 atom stereocenters. The Kier molecular flexibility index (Phi) is 4.15. The van der Waals surface area contributed by atoms with Gasteiger partial charge in [-0.3, -0.25) is 0 Å². The van der Waals surface area contributed by atoms with Crippen molar-refractivity contribution in [2.24, 2.45) is 0 Å². The summed E-state index contributed by atoms with van der Waals surface area (Å²) in [5, 5.41) is 0. The summed E-state index contributed by atoms with van der Waals surface area (Å²) in [7, 11) is 0. The topological polar surface area (TPSA) is 26.3 Å². The predicted molar refractivity (Wildman–Crippen MR) is 74.4 cm³/mol. The van der Waals surface area contributed by atoms with Gasteiger partial charge in [0.15, 0.2) is 0 Å². The Labute approximate surface area is 115 Å². The van der Waals surface area contributed by atoms with Crippen molar-refractivity contribution in [1.82, 2.24) is 0 Å². The van der Waals surface area contributed by atoms with Gasteiger partial charge in [-0.25, -0.2) is 4.79 Å². The van der Waals surface area contributed by atoms with Gasteiger partial charge in [-0.2, -0.15) is 0 Å². The number of ether oxygens (including phenoxy) is 1. The Bertz CT molecular complexity index is 550. The Morgan fingerprint density at radius 2 is 1.89 bits per heavy atom. The van der Waals surface area contributed by atoms with E-state index in [2.05, 4.69) is 15.9 Å². The number of carbonyl (C=O) groups excluding carboxylic acids is 1. The highest BCUT2D eigenvalue weighted by atomic mass is 79.9. The maximum atomic E-state index is 11.9. The van der Waals surface area contributed by atoms with Gasteiger partial charge in [-0.1, -0.05) is 36.4 Å². The number of carbonyl (C=O) groups is 1. The van der Waals surface area contributed by atoms with Crippen LogP contribution >= 0.6 is 15.9 Å². The van der Waals surface area contributed by atoms with Crippen LogP contribution in [0.1, 0.15) is 21.5 Å². The van der Waals surface area contributed by atoms with Crippen molar-refractivity contribution in [3.05, 3.63) is 69.7 Å². The van der Waals surface area contributed by atoms with Gasteiger partial charge in [0, 0.05) is 4.47 Å². The van der Waals surface area contributed by atoms with Crippen molar-refractivity contribution in [2.45, 2.75) is 13.5 Å². The first kappa shape index (κ1) is 12.8. The van der Waals surface area contributed by atoms with Crippen molar-refractivity contribution < 1.29 is 9.53 Å². The van der Waals surface area contributed by atoms with E-state index in [1.165, 1.54) is 0 Å². The molecule has 0 unspecified atom stereocenters. The minimum absolute atomic E-state index is 0.292. The fraction of sp³-hybridized carbons (Fsp3) is 0.133. The van der Waals surface area contributed by atoms with Gasteiger partial charge in [0.25, 0.3) is 0 Å². The van der Waals surface area contributed by atoms with Crippen molar-refractivity contribution >= 4 is 21.9 Å². The van der Waals surface area contributed by atoms with Crippen molar-refractivity contribution in [3.8, 4) is 0 Å². The summed E-state index contributed by atoms with van der Waals surface area (Å²) in [5.74, 6) is -0.314. The third kappa shape index (κ3) is 3.20. The van der Waals surface area contributed by atoms with E-state index in [0.717, 1.165) is 15.6 Å². The van der Waals surface area contributed by atoms with E-state index in [9.17, 15) is 4.79 Å². The van der Waals surface area contributed by atoms with Gasteiger partial charge in [0.05, 0.1) is 5.56 Å². The first-order valence-electron chi connectivity index (χ1n) is 5.64. The molecule has 0 N–H and O–H groups in total. The van der Waals surface area contributed by atoms with Gasteiger partial charge >= 0.3 is 5.97 Å². The number of hydrogen-bond donors (Lipinski definition) is 0. The SMILES string of the molecule is Cc1ccc(C(=O)OCc2ccccc2)c(Br)c1. The number of halogens is 1. The summed E-state index contributed by atoms with van der Waals surface area (Å²) < 4.78 is 6.03. The molecular weight excluding hydrogens is 292 g/mol. The van der Waals surface area contributed by atoms with Gasteiger partial charge in [0.1, 0.15) is 6.61 Å². The molecule has 18 heavy (non-hydrogen) atoms. The summed E-state index contributed by atoms with van der Waals surface area (Å²) in [6, 6.07) is 15.2. The zero-order chi connectivity index (χ0) is 13.0. The van der Waals surface area contributed by atoms with E-state index in [1.807, 2.05) is 49.4 Å². The molecular formula is C15H13BrO2. The van der Waals surface area contributed by atoms with Crippen LogP contribution in [-0.2, 0) is 11.3 Å². The number of aryl methyl sites for hydroxylation is 1. The molecule has 92 valence electrons. The summed E-state index contributed by atoms with van der Waals surface area (Å²) >= 11 is 3.37. The van der Waals surface area contributed by atoms with Crippen LogP contribution in [0.3, 0.4) is 0 Å². The largest absolute Gasteiger partial charge is 0.457 e. The third-order valence-corrected chi connectivity index (χ3v) is 3.21. The Balaban J connectivity index is 2.04. The molecule has 0 aliphatic carbocycles. The van der Waals surface area contributed by atoms with Crippen molar-refractivity contribution in [1.29, 1.82) is 0 Å². The average molecular weight is 305 g/mol. The number of hydrogen-bond acceptors (Lipinski definition) is 2. The predicted octanol–water partition coefficient (Wildman–Crippen LogP) is 4.11. The highest BCUT2D eigenvalue weighted by Crippen LogP contribution is 2.19. The van der Waals surface area contributed by atoms with Crippen molar-refractivity contribution in [2.75, 3.05) is 0 Å². The summed E-state index contributed by atoms with van der Waals surface area (Å²) in [5.41, 5.74) is 2.63. The van der Waals surface area contributed by atoms with E-state index in [4.69, 9.17) is 4.74 Å². The van der Waals surface area contributed by atoms with Gasteiger partial charge in [-0.05, 0) is 46.1 Å². The summed E-state index contributed by atoms with van der Waals surface area (Å²) in [6.07, 6.45) is 0. The number of esters is 1. The van der Waals surface area contributed by atoms with E-state index < -0.39 is 0 Å². The Morgan fingerprint density at radius 1 is 1.17 bits per heavy atom. The van der Waals surface area contributed by atoms with E-state index in [1.54, 1.807) is 6.07 Å². The molecule has 0 radical (unpaired) electrons. The Morgan fingerprint density at radius 3 is 2.56 bits per heavy atom. The van der Waals surface area contributed by atoms with Gasteiger partial charge in [-0.15, -0.1) is 0 Å². The molecule has 2 nitrogen and oxygen atoms in total. The monoisotopic (exact) mass is 304 g/mol. The van der Waals surface area contributed by atoms with Gasteiger partial charge in [0.2, 0.25) is 0 Å². The fourth-order valence-electron chi connectivity index (χ4n) is 1.59. The lowest BCUT2D eigenvalue weighted by atomic mass is 10.1. The lowest BCUT2D eigenvalue weighted by molar-refractivity contribution is 0.0471. The van der Waals surface area contributed by atoms with Crippen LogP contribution in [0.2, 0.25) is 0 Å². The first-order chi connectivity index (χ1) is 8.66. The standard InChI is InChI=1S/C15H13BrO2/c1-11-7-8-13(14(16)9-11)15(17)18-10-12-5-3-2-4-6-12/h2-9H,10H2,1H3. The second-order valence-electron chi connectivity index (χ2n) is 4.05. The third-order valence-electron chi connectivity index (χ3n) is 2.56. The molecule has 0 fully saturated rings. The quantitative estimate of drug-likeness (QED) is 0.798. The minimum Gasteiger partial charge on any atom is -0.457 e. The molecule has 0 aliphatic rings. The van der Waals surface area contributed by atoms with Crippen LogP contribution in [0.5, 0.6) is 0 Å². The van der Waals surface area contributed by atoms with E-state index in [-0.39, 0.29) is 5.97 Å². The van der Waals surface area contributed by atoms with Crippen LogP contribution in [0.4, 0.5) is 0 Å². The minimum atomic E-state index is -0.314. The highest BCUT2D eigenvalue weighted by Gasteiger charge is 2.11. The lowest BCUT2D eigenvalue weighted by Gasteiger charge is -2.07. The molecule has 3 heteroatoms. The second-order valence-corrected chi connectivity index (χ2v) is 4.90. The molecule has 0 aromatic heterocycles. The molecule has 2 aromatic rings. The molecule has 2 rings (SSSR count).